The first-order valence-electron chi connectivity index (χ1n) is 5.55. The van der Waals surface area contributed by atoms with Crippen molar-refractivity contribution in [1.29, 1.82) is 0 Å². The van der Waals surface area contributed by atoms with Gasteiger partial charge in [-0.15, -0.1) is 0 Å². The normalized spacial score (nSPS) is 14.2. The number of ether oxygens (including phenoxy) is 2. The van der Waals surface area contributed by atoms with Gasteiger partial charge in [-0.3, -0.25) is 0 Å². The summed E-state index contributed by atoms with van der Waals surface area (Å²) < 4.78 is 103. The molecular formula is C11H8F5O6S-. The van der Waals surface area contributed by atoms with E-state index in [1.165, 1.54) is 7.11 Å². The zero-order valence-corrected chi connectivity index (χ0v) is 12.0. The second-order valence-corrected chi connectivity index (χ2v) is 5.52. The molecule has 23 heavy (non-hydrogen) atoms. The van der Waals surface area contributed by atoms with Crippen LogP contribution in [-0.4, -0.2) is 43.6 Å². The summed E-state index contributed by atoms with van der Waals surface area (Å²) in [7, 11) is -5.47. The second kappa shape index (κ2) is 6.28. The van der Waals surface area contributed by atoms with Crippen LogP contribution in [0.1, 0.15) is 10.4 Å². The van der Waals surface area contributed by atoms with E-state index in [1.54, 1.807) is 0 Å². The van der Waals surface area contributed by atoms with E-state index < -0.39 is 39.2 Å². The van der Waals surface area contributed by atoms with Crippen molar-refractivity contribution >= 4 is 16.1 Å². The van der Waals surface area contributed by atoms with Crippen molar-refractivity contribution in [2.75, 3.05) is 7.11 Å². The van der Waals surface area contributed by atoms with Crippen LogP contribution in [0.25, 0.3) is 0 Å². The summed E-state index contributed by atoms with van der Waals surface area (Å²) in [6, 6.07) is 4.06. The molecule has 0 fully saturated rings. The maximum absolute atomic E-state index is 13.2. The Morgan fingerprint density at radius 1 is 1.13 bits per heavy atom. The van der Waals surface area contributed by atoms with Gasteiger partial charge in [0.25, 0.3) is 6.10 Å². The zero-order valence-electron chi connectivity index (χ0n) is 11.1. The number of carbonyl (C=O) groups is 1. The lowest BCUT2D eigenvalue weighted by molar-refractivity contribution is -0.248. The van der Waals surface area contributed by atoms with Crippen LogP contribution in [0.5, 0.6) is 5.75 Å². The lowest BCUT2D eigenvalue weighted by Gasteiger charge is -2.29. The Balaban J connectivity index is 3.14. The van der Waals surface area contributed by atoms with Crippen molar-refractivity contribution in [3.8, 4) is 5.75 Å². The number of hydrogen-bond donors (Lipinski definition) is 0. The van der Waals surface area contributed by atoms with E-state index in [0.29, 0.717) is 0 Å². The molecule has 1 unspecified atom stereocenters. The highest BCUT2D eigenvalue weighted by Gasteiger charge is 2.62. The van der Waals surface area contributed by atoms with Gasteiger partial charge < -0.3 is 14.0 Å². The van der Waals surface area contributed by atoms with Crippen LogP contribution in [-0.2, 0) is 14.9 Å². The minimum absolute atomic E-state index is 0.210. The Labute approximate surface area is 126 Å². The average Bonchev–Trinajstić information content (AvgIpc) is 2.41. The zero-order chi connectivity index (χ0) is 18.1. The van der Waals surface area contributed by atoms with E-state index in [9.17, 15) is 39.7 Å². The van der Waals surface area contributed by atoms with Gasteiger partial charge in [0.15, 0.2) is 10.1 Å². The molecule has 0 bridgehead atoms. The van der Waals surface area contributed by atoms with E-state index in [0.717, 1.165) is 24.3 Å². The third kappa shape index (κ3) is 4.28. The van der Waals surface area contributed by atoms with Gasteiger partial charge in [0.05, 0.1) is 12.7 Å². The Hall–Kier alpha value is -1.95. The largest absolute Gasteiger partial charge is 0.743 e. The van der Waals surface area contributed by atoms with Gasteiger partial charge in [-0.1, -0.05) is 0 Å². The SMILES string of the molecule is COc1ccc(C(=O)OC(C(F)(F)F)C(F)(F)S(=O)(=O)[O-])cc1. The minimum Gasteiger partial charge on any atom is -0.743 e. The van der Waals surface area contributed by atoms with Crippen molar-refractivity contribution in [3.05, 3.63) is 29.8 Å². The highest BCUT2D eigenvalue weighted by atomic mass is 32.2. The van der Waals surface area contributed by atoms with Crippen LogP contribution in [0.3, 0.4) is 0 Å². The highest BCUT2D eigenvalue weighted by molar-refractivity contribution is 7.86. The fourth-order valence-electron chi connectivity index (χ4n) is 1.36. The molecule has 0 amide bonds. The highest BCUT2D eigenvalue weighted by Crippen LogP contribution is 2.38. The smallest absolute Gasteiger partial charge is 0.432 e. The van der Waals surface area contributed by atoms with Gasteiger partial charge in [-0.05, 0) is 24.3 Å². The molecule has 6 nitrogen and oxygen atoms in total. The maximum atomic E-state index is 13.2. The molecule has 0 spiro atoms. The van der Waals surface area contributed by atoms with E-state index in [1.807, 2.05) is 0 Å². The van der Waals surface area contributed by atoms with Crippen LogP contribution >= 0.6 is 0 Å². The Morgan fingerprint density at radius 2 is 1.61 bits per heavy atom. The molecule has 0 N–H and O–H groups in total. The van der Waals surface area contributed by atoms with Gasteiger partial charge in [-0.2, -0.15) is 22.0 Å². The van der Waals surface area contributed by atoms with E-state index in [-0.39, 0.29) is 5.75 Å². The third-order valence-electron chi connectivity index (χ3n) is 2.49. The molecule has 0 aliphatic carbocycles. The first-order valence-corrected chi connectivity index (χ1v) is 6.96. The van der Waals surface area contributed by atoms with E-state index >= 15 is 0 Å². The molecule has 0 aliphatic heterocycles. The first-order chi connectivity index (χ1) is 10.3. The van der Waals surface area contributed by atoms with Crippen LogP contribution < -0.4 is 4.74 Å². The molecule has 0 radical (unpaired) electrons. The van der Waals surface area contributed by atoms with E-state index in [2.05, 4.69) is 4.74 Å². The number of methoxy groups -OCH3 is 1. The van der Waals surface area contributed by atoms with Crippen LogP contribution in [0.2, 0.25) is 0 Å². The van der Waals surface area contributed by atoms with E-state index in [4.69, 9.17) is 4.74 Å². The molecule has 1 rings (SSSR count). The van der Waals surface area contributed by atoms with Crippen LogP contribution in [0, 0.1) is 0 Å². The van der Waals surface area contributed by atoms with Crippen molar-refractivity contribution in [2.45, 2.75) is 17.5 Å². The summed E-state index contributed by atoms with van der Waals surface area (Å²) in [6.07, 6.45) is -10.4. The van der Waals surface area contributed by atoms with Gasteiger partial charge >= 0.3 is 17.4 Å². The number of hydrogen-bond acceptors (Lipinski definition) is 6. The number of benzene rings is 1. The Morgan fingerprint density at radius 3 is 1.96 bits per heavy atom. The summed E-state index contributed by atoms with van der Waals surface area (Å²) in [5.41, 5.74) is -0.584. The molecule has 12 heteroatoms. The Bertz CT molecular complexity index is 667. The van der Waals surface area contributed by atoms with Crippen molar-refractivity contribution in [2.24, 2.45) is 0 Å². The third-order valence-corrected chi connectivity index (χ3v) is 3.37. The monoisotopic (exact) mass is 363 g/mol. The van der Waals surface area contributed by atoms with Crippen molar-refractivity contribution < 1.29 is 49.2 Å². The Kier molecular flexibility index (Phi) is 5.21. The number of carbonyl (C=O) groups excluding carboxylic acids is 1. The van der Waals surface area contributed by atoms with Crippen LogP contribution in [0.4, 0.5) is 22.0 Å². The molecule has 0 saturated carbocycles. The lowest BCUT2D eigenvalue weighted by Crippen LogP contribution is -2.52. The molecule has 0 heterocycles. The molecule has 0 aliphatic rings. The minimum atomic E-state index is -6.72. The fraction of sp³-hybridized carbons (Fsp3) is 0.364. The number of alkyl halides is 5. The molecule has 0 aromatic heterocycles. The van der Waals surface area contributed by atoms with Crippen LogP contribution in [0.15, 0.2) is 24.3 Å². The molecule has 1 aromatic rings. The predicted molar refractivity (Wildman–Crippen MR) is 62.9 cm³/mol. The van der Waals surface area contributed by atoms with Gasteiger partial charge in [0.1, 0.15) is 5.75 Å². The molecule has 130 valence electrons. The summed E-state index contributed by atoms with van der Waals surface area (Å²) in [5.74, 6) is -1.68. The standard InChI is InChI=1S/C11H9F5O6S/c1-21-7-4-2-6(3-5-7)8(17)22-9(10(12,13)14)11(15,16)23(18,19)20/h2-5,9H,1H3,(H,18,19,20)/p-1. The quantitative estimate of drug-likeness (QED) is 0.451. The van der Waals surface area contributed by atoms with Crippen molar-refractivity contribution in [3.63, 3.8) is 0 Å². The fourth-order valence-corrected chi connectivity index (χ4v) is 1.80. The number of halogens is 5. The summed E-state index contributed by atoms with van der Waals surface area (Å²) in [5, 5.41) is -5.88. The predicted octanol–water partition coefficient (Wildman–Crippen LogP) is 1.92. The molecule has 1 atom stereocenters. The number of esters is 1. The summed E-state index contributed by atoms with van der Waals surface area (Å²) >= 11 is 0. The average molecular weight is 363 g/mol. The summed E-state index contributed by atoms with van der Waals surface area (Å²) in [6.45, 7) is 0. The molecule has 0 saturated heterocycles. The first kappa shape index (κ1) is 19.1. The second-order valence-electron chi connectivity index (χ2n) is 4.07. The number of rotatable bonds is 5. The lowest BCUT2D eigenvalue weighted by atomic mass is 10.2. The van der Waals surface area contributed by atoms with Gasteiger partial charge in [0.2, 0.25) is 0 Å². The van der Waals surface area contributed by atoms with Crippen molar-refractivity contribution in [1.82, 2.24) is 0 Å². The van der Waals surface area contributed by atoms with Gasteiger partial charge in [0, 0.05) is 0 Å². The van der Waals surface area contributed by atoms with Gasteiger partial charge in [-0.25, -0.2) is 13.2 Å². The maximum Gasteiger partial charge on any atom is 0.432 e. The molecular weight excluding hydrogens is 355 g/mol. The molecule has 1 aromatic carbocycles. The summed E-state index contributed by atoms with van der Waals surface area (Å²) in [4.78, 5) is 11.5. The topological polar surface area (TPSA) is 92.7 Å².